The van der Waals surface area contributed by atoms with Crippen LogP contribution in [-0.4, -0.2) is 33.0 Å². The van der Waals surface area contributed by atoms with Crippen LogP contribution in [-0.2, 0) is 11.3 Å². The first-order valence-corrected chi connectivity index (χ1v) is 10.8. The van der Waals surface area contributed by atoms with Crippen molar-refractivity contribution in [1.82, 2.24) is 20.3 Å². The third kappa shape index (κ3) is 3.32. The van der Waals surface area contributed by atoms with Gasteiger partial charge in [0.2, 0.25) is 0 Å². The molecule has 5 rings (SSSR count). The summed E-state index contributed by atoms with van der Waals surface area (Å²) in [5.74, 6) is -1.40. The zero-order valence-corrected chi connectivity index (χ0v) is 17.4. The van der Waals surface area contributed by atoms with E-state index in [0.29, 0.717) is 18.4 Å². The molecule has 7 nitrogen and oxygen atoms in total. The number of benzene rings is 2. The van der Waals surface area contributed by atoms with E-state index in [1.165, 1.54) is 6.07 Å². The highest BCUT2D eigenvalue weighted by Crippen LogP contribution is 2.33. The second kappa shape index (κ2) is 7.78. The van der Waals surface area contributed by atoms with Gasteiger partial charge in [-0.1, -0.05) is 55.7 Å². The Kier molecular flexibility index (Phi) is 4.92. The molecule has 1 aliphatic heterocycles. The van der Waals surface area contributed by atoms with Crippen LogP contribution in [0.3, 0.4) is 0 Å². The molecule has 1 saturated carbocycles. The van der Waals surface area contributed by atoms with Crippen molar-refractivity contribution in [3.8, 4) is 0 Å². The van der Waals surface area contributed by atoms with Gasteiger partial charge in [0.05, 0.1) is 6.54 Å². The highest BCUT2D eigenvalue weighted by atomic mass is 19.1. The lowest BCUT2D eigenvalue weighted by atomic mass is 9.82. The molecule has 1 saturated heterocycles. The van der Waals surface area contributed by atoms with Crippen molar-refractivity contribution in [1.29, 1.82) is 0 Å². The van der Waals surface area contributed by atoms with Gasteiger partial charge in [0.1, 0.15) is 17.1 Å². The molecule has 2 N–H and O–H groups in total. The van der Waals surface area contributed by atoms with Crippen LogP contribution in [0.2, 0.25) is 0 Å². The lowest BCUT2D eigenvalue weighted by Crippen LogP contribution is -2.51. The first kappa shape index (κ1) is 20.2. The fraction of sp³-hybridized carbons (Fsp3) is 0.292. The van der Waals surface area contributed by atoms with Gasteiger partial charge in [0, 0.05) is 16.5 Å². The number of fused-ring (bicyclic) bond motifs is 1. The molecule has 0 atom stereocenters. The monoisotopic (exact) mass is 434 g/mol. The first-order valence-electron chi connectivity index (χ1n) is 10.8. The van der Waals surface area contributed by atoms with Crippen LogP contribution in [0.15, 0.2) is 54.6 Å². The Bertz CT molecular complexity index is 1230. The summed E-state index contributed by atoms with van der Waals surface area (Å²) in [5.41, 5.74) is 2.98. The first-order chi connectivity index (χ1) is 15.5. The van der Waals surface area contributed by atoms with Gasteiger partial charge >= 0.3 is 6.03 Å². The van der Waals surface area contributed by atoms with E-state index in [4.69, 9.17) is 0 Å². The Balaban J connectivity index is 1.47. The minimum absolute atomic E-state index is 0.132. The van der Waals surface area contributed by atoms with Crippen molar-refractivity contribution in [3.63, 3.8) is 0 Å². The van der Waals surface area contributed by atoms with Gasteiger partial charge < -0.3 is 9.88 Å². The Morgan fingerprint density at radius 2 is 1.75 bits per heavy atom. The van der Waals surface area contributed by atoms with E-state index in [-0.39, 0.29) is 18.1 Å². The average Bonchev–Trinajstić information content (AvgIpc) is 3.27. The molecule has 2 aliphatic rings. The number of halogens is 1. The largest absolute Gasteiger partial charge is 0.344 e. The second-order valence-electron chi connectivity index (χ2n) is 8.42. The van der Waals surface area contributed by atoms with Crippen LogP contribution in [0.1, 0.15) is 48.2 Å². The quantitative estimate of drug-likeness (QED) is 0.614. The number of urea groups is 1. The Morgan fingerprint density at radius 3 is 2.53 bits per heavy atom. The highest BCUT2D eigenvalue weighted by Gasteiger charge is 2.52. The summed E-state index contributed by atoms with van der Waals surface area (Å²) >= 11 is 0. The Labute approximate surface area is 184 Å². The fourth-order valence-electron chi connectivity index (χ4n) is 4.74. The van der Waals surface area contributed by atoms with Crippen molar-refractivity contribution in [2.75, 3.05) is 0 Å². The molecule has 1 aliphatic carbocycles. The lowest BCUT2D eigenvalue weighted by Gasteiger charge is -2.30. The predicted octanol–water partition coefficient (Wildman–Crippen LogP) is 3.73. The number of para-hydroxylation sites is 1. The zero-order chi connectivity index (χ0) is 22.3. The highest BCUT2D eigenvalue weighted by molar-refractivity contribution is 6.09. The number of hydrogen-bond acceptors (Lipinski definition) is 3. The summed E-state index contributed by atoms with van der Waals surface area (Å²) in [6.45, 7) is 0.132. The number of amides is 4. The fourth-order valence-corrected chi connectivity index (χ4v) is 4.74. The SMILES string of the molecule is O=C(NN1C(=O)NC2(CCCCC2)C1=O)c1cc2ccccc2n1Cc1ccccc1F. The summed E-state index contributed by atoms with van der Waals surface area (Å²) in [7, 11) is 0. The molecule has 4 amide bonds. The molecular formula is C24H23FN4O3. The van der Waals surface area contributed by atoms with Crippen LogP contribution in [0, 0.1) is 5.82 Å². The maximum absolute atomic E-state index is 14.3. The number of imide groups is 1. The number of nitrogens with zero attached hydrogens (tertiary/aromatic N) is 2. The van der Waals surface area contributed by atoms with Gasteiger partial charge in [-0.15, -0.1) is 0 Å². The number of carbonyl (C=O) groups is 3. The molecule has 164 valence electrons. The van der Waals surface area contributed by atoms with Gasteiger partial charge in [0.15, 0.2) is 0 Å². The van der Waals surface area contributed by atoms with E-state index in [0.717, 1.165) is 35.2 Å². The maximum atomic E-state index is 14.3. The number of hydrazine groups is 1. The molecule has 0 bridgehead atoms. The lowest BCUT2D eigenvalue weighted by molar-refractivity contribution is -0.134. The third-order valence-electron chi connectivity index (χ3n) is 6.41. The predicted molar refractivity (Wildman–Crippen MR) is 116 cm³/mol. The van der Waals surface area contributed by atoms with Crippen LogP contribution in [0.4, 0.5) is 9.18 Å². The summed E-state index contributed by atoms with van der Waals surface area (Å²) in [4.78, 5) is 38.8. The van der Waals surface area contributed by atoms with Crippen molar-refractivity contribution in [2.24, 2.45) is 0 Å². The van der Waals surface area contributed by atoms with Crippen LogP contribution >= 0.6 is 0 Å². The van der Waals surface area contributed by atoms with Gasteiger partial charge in [-0.05, 0) is 31.0 Å². The van der Waals surface area contributed by atoms with Crippen LogP contribution in [0.25, 0.3) is 10.9 Å². The number of nitrogens with one attached hydrogen (secondary N) is 2. The minimum atomic E-state index is -0.928. The van der Waals surface area contributed by atoms with Gasteiger partial charge in [0.25, 0.3) is 11.8 Å². The Hall–Kier alpha value is -3.68. The van der Waals surface area contributed by atoms with Gasteiger partial charge in [-0.3, -0.25) is 15.0 Å². The molecule has 3 aromatic rings. The average molecular weight is 434 g/mol. The smallest absolute Gasteiger partial charge is 0.332 e. The molecule has 0 unspecified atom stereocenters. The molecule has 2 heterocycles. The topological polar surface area (TPSA) is 83.4 Å². The van der Waals surface area contributed by atoms with Crippen molar-refractivity contribution in [3.05, 3.63) is 71.7 Å². The molecule has 0 radical (unpaired) electrons. The molecular weight excluding hydrogens is 411 g/mol. The number of carbonyl (C=O) groups excluding carboxylic acids is 3. The van der Waals surface area contributed by atoms with E-state index in [1.807, 2.05) is 24.3 Å². The van der Waals surface area contributed by atoms with E-state index < -0.39 is 23.4 Å². The number of rotatable bonds is 4. The van der Waals surface area contributed by atoms with E-state index in [2.05, 4.69) is 10.7 Å². The van der Waals surface area contributed by atoms with Gasteiger partial charge in [-0.25, -0.2) is 9.18 Å². The Morgan fingerprint density at radius 1 is 1.03 bits per heavy atom. The number of aromatic nitrogens is 1. The van der Waals surface area contributed by atoms with Crippen LogP contribution in [0.5, 0.6) is 0 Å². The van der Waals surface area contributed by atoms with E-state index in [9.17, 15) is 18.8 Å². The van der Waals surface area contributed by atoms with Crippen molar-refractivity contribution >= 4 is 28.7 Å². The van der Waals surface area contributed by atoms with Crippen LogP contribution < -0.4 is 10.7 Å². The third-order valence-corrected chi connectivity index (χ3v) is 6.41. The normalized spacial score (nSPS) is 17.7. The minimum Gasteiger partial charge on any atom is -0.332 e. The van der Waals surface area contributed by atoms with E-state index in [1.54, 1.807) is 28.8 Å². The summed E-state index contributed by atoms with van der Waals surface area (Å²) in [5, 5.41) is 4.37. The van der Waals surface area contributed by atoms with E-state index >= 15 is 0 Å². The molecule has 32 heavy (non-hydrogen) atoms. The summed E-state index contributed by atoms with van der Waals surface area (Å²) in [6.07, 6.45) is 3.86. The molecule has 1 aromatic heterocycles. The molecule has 2 aromatic carbocycles. The standard InChI is InChI=1S/C24H23FN4O3/c25-18-10-4-2-9-17(18)15-28-19-11-5-3-8-16(19)14-20(28)21(30)27-29-22(31)24(26-23(29)32)12-6-1-7-13-24/h2-5,8-11,14H,1,6-7,12-13,15H2,(H,26,32)(H,27,30). The van der Waals surface area contributed by atoms with Crippen molar-refractivity contribution < 1.29 is 18.8 Å². The molecule has 2 fully saturated rings. The van der Waals surface area contributed by atoms with Crippen molar-refractivity contribution in [2.45, 2.75) is 44.2 Å². The molecule has 8 heteroatoms. The summed E-state index contributed by atoms with van der Waals surface area (Å²) < 4.78 is 16.0. The van der Waals surface area contributed by atoms with Gasteiger partial charge in [-0.2, -0.15) is 5.01 Å². The second-order valence-corrected chi connectivity index (χ2v) is 8.42. The molecule has 1 spiro atoms. The summed E-state index contributed by atoms with van der Waals surface area (Å²) in [6, 6.07) is 14.8. The zero-order valence-electron chi connectivity index (χ0n) is 17.4. The number of hydrogen-bond donors (Lipinski definition) is 2. The maximum Gasteiger partial charge on any atom is 0.344 e.